The minimum atomic E-state index is -0.227. The Bertz CT molecular complexity index is 975. The first kappa shape index (κ1) is 21.0. The summed E-state index contributed by atoms with van der Waals surface area (Å²) in [6, 6.07) is 0.318. The van der Waals surface area contributed by atoms with Crippen molar-refractivity contribution in [2.75, 3.05) is 6.54 Å². The van der Waals surface area contributed by atoms with Gasteiger partial charge in [0.05, 0.1) is 11.7 Å². The van der Waals surface area contributed by atoms with E-state index < -0.39 is 0 Å². The van der Waals surface area contributed by atoms with Crippen molar-refractivity contribution in [3.63, 3.8) is 0 Å². The van der Waals surface area contributed by atoms with E-state index in [9.17, 15) is 14.4 Å². The van der Waals surface area contributed by atoms with Gasteiger partial charge in [-0.15, -0.1) is 11.3 Å². The van der Waals surface area contributed by atoms with Crippen LogP contribution in [0, 0.1) is 0 Å². The normalized spacial score (nSPS) is 16.9. The summed E-state index contributed by atoms with van der Waals surface area (Å²) < 4.78 is 1.40. The van der Waals surface area contributed by atoms with E-state index >= 15 is 0 Å². The zero-order chi connectivity index (χ0) is 20.9. The van der Waals surface area contributed by atoms with Crippen molar-refractivity contribution >= 4 is 33.4 Å². The molecule has 0 spiro atoms. The third-order valence-corrected chi connectivity index (χ3v) is 7.33. The van der Waals surface area contributed by atoms with Gasteiger partial charge in [0.25, 0.3) is 5.56 Å². The van der Waals surface area contributed by atoms with Crippen LogP contribution in [0.15, 0.2) is 11.1 Å². The molecular weight excluding hydrogens is 400 g/mol. The molecule has 0 radical (unpaired) electrons. The second kappa shape index (κ2) is 9.73. The van der Waals surface area contributed by atoms with Gasteiger partial charge in [-0.3, -0.25) is 19.0 Å². The summed E-state index contributed by atoms with van der Waals surface area (Å²) in [5.74, 6) is -0.167. The van der Waals surface area contributed by atoms with Crippen molar-refractivity contribution in [3.05, 3.63) is 27.1 Å². The van der Waals surface area contributed by atoms with Crippen LogP contribution < -0.4 is 16.2 Å². The van der Waals surface area contributed by atoms with Crippen molar-refractivity contribution in [1.29, 1.82) is 0 Å². The second-order valence-electron chi connectivity index (χ2n) is 8.42. The summed E-state index contributed by atoms with van der Waals surface area (Å²) >= 11 is 1.61. The number of nitrogens with one attached hydrogen (secondary N) is 2. The van der Waals surface area contributed by atoms with Gasteiger partial charge in [0.15, 0.2) is 0 Å². The lowest BCUT2D eigenvalue weighted by Gasteiger charge is -2.22. The molecule has 2 amide bonds. The van der Waals surface area contributed by atoms with E-state index in [1.165, 1.54) is 35.0 Å². The number of aryl methyl sites for hydroxylation is 2. The van der Waals surface area contributed by atoms with Crippen molar-refractivity contribution < 1.29 is 9.59 Å². The SMILES string of the molecule is O=C(Cn1cnc2sc3c(c2c1=O)CCCC3)NCCCC(=O)NC1CCCCC1. The van der Waals surface area contributed by atoms with Crippen molar-refractivity contribution in [2.24, 2.45) is 0 Å². The van der Waals surface area contributed by atoms with Gasteiger partial charge in [0, 0.05) is 23.9 Å². The van der Waals surface area contributed by atoms with Gasteiger partial charge in [0.1, 0.15) is 11.4 Å². The lowest BCUT2D eigenvalue weighted by molar-refractivity contribution is -0.123. The average molecular weight is 431 g/mol. The summed E-state index contributed by atoms with van der Waals surface area (Å²) in [6.07, 6.45) is 12.5. The molecule has 0 bridgehead atoms. The second-order valence-corrected chi connectivity index (χ2v) is 9.51. The average Bonchev–Trinajstić information content (AvgIpc) is 3.13. The van der Waals surface area contributed by atoms with Crippen LogP contribution in [-0.4, -0.2) is 34.0 Å². The molecule has 0 saturated heterocycles. The Morgan fingerprint density at radius 1 is 1.10 bits per heavy atom. The molecule has 2 aromatic rings. The van der Waals surface area contributed by atoms with Gasteiger partial charge in [-0.1, -0.05) is 19.3 Å². The molecule has 2 N–H and O–H groups in total. The predicted molar refractivity (Wildman–Crippen MR) is 118 cm³/mol. The minimum absolute atomic E-state index is 0.0410. The van der Waals surface area contributed by atoms with E-state index in [1.54, 1.807) is 11.3 Å². The summed E-state index contributed by atoms with van der Waals surface area (Å²) in [5.41, 5.74) is 1.01. The first-order chi connectivity index (χ1) is 14.6. The van der Waals surface area contributed by atoms with Crippen LogP contribution in [0.5, 0.6) is 0 Å². The summed E-state index contributed by atoms with van der Waals surface area (Å²) in [4.78, 5) is 43.7. The lowest BCUT2D eigenvalue weighted by atomic mass is 9.95. The van der Waals surface area contributed by atoms with E-state index in [1.807, 2.05) is 0 Å². The maximum absolute atomic E-state index is 12.9. The van der Waals surface area contributed by atoms with Crippen molar-refractivity contribution in [2.45, 2.75) is 83.2 Å². The molecule has 0 aliphatic heterocycles. The molecular formula is C22H30N4O3S. The third-order valence-electron chi connectivity index (χ3n) is 6.13. The highest BCUT2D eigenvalue weighted by Gasteiger charge is 2.20. The fraction of sp³-hybridized carbons (Fsp3) is 0.636. The van der Waals surface area contributed by atoms with E-state index in [-0.39, 0.29) is 23.9 Å². The Labute approximate surface area is 180 Å². The van der Waals surface area contributed by atoms with Crippen LogP contribution in [0.3, 0.4) is 0 Å². The number of aromatic nitrogens is 2. The van der Waals surface area contributed by atoms with Crippen molar-refractivity contribution in [1.82, 2.24) is 20.2 Å². The maximum atomic E-state index is 12.9. The number of fused-ring (bicyclic) bond motifs is 3. The van der Waals surface area contributed by atoms with Gasteiger partial charge < -0.3 is 10.6 Å². The number of carbonyl (C=O) groups is 2. The molecule has 0 unspecified atom stereocenters. The van der Waals surface area contributed by atoms with E-state index in [0.717, 1.165) is 48.9 Å². The Morgan fingerprint density at radius 2 is 1.90 bits per heavy atom. The molecule has 2 aliphatic rings. The Balaban J connectivity index is 1.26. The van der Waals surface area contributed by atoms with Gasteiger partial charge in [-0.05, 0) is 50.5 Å². The molecule has 8 heteroatoms. The molecule has 1 saturated carbocycles. The number of carbonyl (C=O) groups excluding carboxylic acids is 2. The largest absolute Gasteiger partial charge is 0.355 e. The first-order valence-corrected chi connectivity index (χ1v) is 12.0. The quantitative estimate of drug-likeness (QED) is 0.661. The molecule has 2 aromatic heterocycles. The van der Waals surface area contributed by atoms with E-state index in [0.29, 0.717) is 30.8 Å². The minimum Gasteiger partial charge on any atom is -0.355 e. The Morgan fingerprint density at radius 3 is 2.73 bits per heavy atom. The van der Waals surface area contributed by atoms with Crippen LogP contribution in [0.4, 0.5) is 0 Å². The van der Waals surface area contributed by atoms with Gasteiger partial charge in [0.2, 0.25) is 11.8 Å². The summed E-state index contributed by atoms with van der Waals surface area (Å²) in [7, 11) is 0. The van der Waals surface area contributed by atoms with Gasteiger partial charge >= 0.3 is 0 Å². The standard InChI is InChI=1S/C22H30N4O3S/c27-18(25-15-7-2-1-3-8-15)11-6-12-23-19(28)13-26-14-24-21-20(22(26)29)16-9-4-5-10-17(16)30-21/h14-15H,1-13H2,(H,23,28)(H,25,27). The smallest absolute Gasteiger partial charge is 0.262 e. The number of hydrogen-bond acceptors (Lipinski definition) is 5. The zero-order valence-corrected chi connectivity index (χ0v) is 18.2. The maximum Gasteiger partial charge on any atom is 0.262 e. The Kier molecular flexibility index (Phi) is 6.82. The highest BCUT2D eigenvalue weighted by molar-refractivity contribution is 7.18. The summed E-state index contributed by atoms with van der Waals surface area (Å²) in [6.45, 7) is 0.385. The molecule has 7 nitrogen and oxygen atoms in total. The van der Waals surface area contributed by atoms with E-state index in [2.05, 4.69) is 15.6 Å². The van der Waals surface area contributed by atoms with Crippen LogP contribution in [0.25, 0.3) is 10.2 Å². The highest BCUT2D eigenvalue weighted by atomic mass is 32.1. The van der Waals surface area contributed by atoms with Gasteiger partial charge in [-0.2, -0.15) is 0 Å². The van der Waals surface area contributed by atoms with Crippen LogP contribution in [-0.2, 0) is 29.0 Å². The topological polar surface area (TPSA) is 93.1 Å². The zero-order valence-electron chi connectivity index (χ0n) is 17.4. The highest BCUT2D eigenvalue weighted by Crippen LogP contribution is 2.33. The number of nitrogens with zero attached hydrogens (tertiary/aromatic N) is 2. The Hall–Kier alpha value is -2.22. The molecule has 0 aromatic carbocycles. The van der Waals surface area contributed by atoms with Gasteiger partial charge in [-0.25, -0.2) is 4.98 Å². The third kappa shape index (κ3) is 4.91. The lowest BCUT2D eigenvalue weighted by Crippen LogP contribution is -2.37. The van der Waals surface area contributed by atoms with E-state index in [4.69, 9.17) is 0 Å². The number of rotatable bonds is 7. The van der Waals surface area contributed by atoms with Crippen LogP contribution in [0.1, 0.15) is 68.2 Å². The molecule has 4 rings (SSSR count). The predicted octanol–water partition coefficient (Wildman–Crippen LogP) is 2.68. The fourth-order valence-corrected chi connectivity index (χ4v) is 5.75. The first-order valence-electron chi connectivity index (χ1n) is 11.2. The number of thiophene rings is 1. The molecule has 0 atom stereocenters. The molecule has 162 valence electrons. The summed E-state index contributed by atoms with van der Waals surface area (Å²) in [5, 5.41) is 6.61. The molecule has 2 heterocycles. The molecule has 2 aliphatic carbocycles. The van der Waals surface area contributed by atoms with Crippen LogP contribution in [0.2, 0.25) is 0 Å². The monoisotopic (exact) mass is 430 g/mol. The number of amides is 2. The fourth-order valence-electron chi connectivity index (χ4n) is 4.53. The van der Waals surface area contributed by atoms with Crippen molar-refractivity contribution in [3.8, 4) is 0 Å². The van der Waals surface area contributed by atoms with Crippen LogP contribution >= 0.6 is 11.3 Å². The molecule has 30 heavy (non-hydrogen) atoms. The number of hydrogen-bond donors (Lipinski definition) is 2. The molecule has 1 fully saturated rings.